The fourth-order valence-corrected chi connectivity index (χ4v) is 2.96. The molecule has 1 unspecified atom stereocenters. The van der Waals surface area contributed by atoms with Gasteiger partial charge in [-0.2, -0.15) is 4.98 Å². The van der Waals surface area contributed by atoms with Crippen LogP contribution in [-0.4, -0.2) is 50.6 Å². The quantitative estimate of drug-likeness (QED) is 0.838. The number of piperazine rings is 1. The molecule has 0 N–H and O–H groups in total. The molecule has 0 aromatic carbocycles. The predicted octanol–water partition coefficient (Wildman–Crippen LogP) is 2.43. The van der Waals surface area contributed by atoms with Crippen LogP contribution in [0.3, 0.4) is 0 Å². The first-order chi connectivity index (χ1) is 11.5. The first kappa shape index (κ1) is 17.0. The van der Waals surface area contributed by atoms with E-state index in [0.29, 0.717) is 30.6 Å². The summed E-state index contributed by atoms with van der Waals surface area (Å²) in [5, 5.41) is 4.01. The van der Waals surface area contributed by atoms with Gasteiger partial charge in [-0.25, -0.2) is 4.39 Å². The van der Waals surface area contributed by atoms with Crippen LogP contribution in [0.5, 0.6) is 0 Å². The van der Waals surface area contributed by atoms with E-state index >= 15 is 0 Å². The topological polar surface area (TPSA) is 58.3 Å². The Hall–Kier alpha value is -1.86. The minimum absolute atomic E-state index is 0.237. The van der Waals surface area contributed by atoms with Gasteiger partial charge in [-0.3, -0.25) is 14.8 Å². The number of hydrogen-bond donors (Lipinski definition) is 0. The molecule has 2 aromatic rings. The number of pyridine rings is 1. The summed E-state index contributed by atoms with van der Waals surface area (Å²) in [6.07, 6.45) is 2.92. The average Bonchev–Trinajstić information content (AvgIpc) is 3.01. The lowest BCUT2D eigenvalue weighted by molar-refractivity contribution is 0.0661. The van der Waals surface area contributed by atoms with Gasteiger partial charge in [-0.05, 0) is 13.0 Å². The highest BCUT2D eigenvalue weighted by Crippen LogP contribution is 2.17. The molecule has 0 aliphatic carbocycles. The monoisotopic (exact) mass is 333 g/mol. The minimum Gasteiger partial charge on any atom is -0.338 e. The Balaban J connectivity index is 1.55. The predicted molar refractivity (Wildman–Crippen MR) is 87.7 cm³/mol. The number of aromatic nitrogens is 3. The number of hydrogen-bond acceptors (Lipinski definition) is 6. The van der Waals surface area contributed by atoms with Gasteiger partial charge in [0, 0.05) is 49.9 Å². The van der Waals surface area contributed by atoms with Crippen molar-refractivity contribution in [1.29, 1.82) is 0 Å². The lowest BCUT2D eigenvalue weighted by Gasteiger charge is -2.39. The molecule has 1 fully saturated rings. The first-order valence-corrected chi connectivity index (χ1v) is 8.40. The summed E-state index contributed by atoms with van der Waals surface area (Å²) < 4.78 is 19.1. The molecule has 0 saturated carbocycles. The van der Waals surface area contributed by atoms with Crippen molar-refractivity contribution in [3.63, 3.8) is 0 Å². The third kappa shape index (κ3) is 3.96. The Bertz CT molecular complexity index is 675. The summed E-state index contributed by atoms with van der Waals surface area (Å²) >= 11 is 0. The van der Waals surface area contributed by atoms with E-state index in [2.05, 4.69) is 31.8 Å². The maximum absolute atomic E-state index is 13.8. The average molecular weight is 333 g/mol. The van der Waals surface area contributed by atoms with Crippen molar-refractivity contribution in [3.8, 4) is 0 Å². The molecule has 0 spiro atoms. The molecule has 1 aliphatic rings. The highest BCUT2D eigenvalue weighted by Gasteiger charge is 2.25. The number of nitrogens with zero attached hydrogens (tertiary/aromatic N) is 5. The van der Waals surface area contributed by atoms with E-state index in [1.807, 2.05) is 13.8 Å². The number of rotatable bonds is 5. The van der Waals surface area contributed by atoms with Crippen molar-refractivity contribution in [2.75, 3.05) is 19.6 Å². The largest absolute Gasteiger partial charge is 0.338 e. The molecule has 2 aromatic heterocycles. The van der Waals surface area contributed by atoms with Crippen LogP contribution >= 0.6 is 0 Å². The Kier molecular flexibility index (Phi) is 5.20. The summed E-state index contributed by atoms with van der Waals surface area (Å²) in [4.78, 5) is 12.8. The second-order valence-electron chi connectivity index (χ2n) is 6.72. The highest BCUT2D eigenvalue weighted by molar-refractivity contribution is 5.12. The third-order valence-corrected chi connectivity index (χ3v) is 4.44. The van der Waals surface area contributed by atoms with Crippen molar-refractivity contribution in [2.24, 2.45) is 0 Å². The van der Waals surface area contributed by atoms with E-state index in [0.717, 1.165) is 25.5 Å². The van der Waals surface area contributed by atoms with E-state index in [1.165, 1.54) is 6.20 Å². The molecule has 0 radical (unpaired) electrons. The van der Waals surface area contributed by atoms with Crippen LogP contribution in [-0.2, 0) is 13.1 Å². The number of halogens is 1. The lowest BCUT2D eigenvalue weighted by atomic mass is 10.1. The van der Waals surface area contributed by atoms with Gasteiger partial charge < -0.3 is 4.52 Å². The van der Waals surface area contributed by atoms with Crippen LogP contribution in [0.1, 0.15) is 44.0 Å². The standard InChI is InChI=1S/C17H24FN5O/c1-12(2)17-20-16(24-21-17)11-22-6-7-23(13(3)9-22)10-14-4-5-19-8-15(14)18/h4-5,8,12-13H,6-7,9-11H2,1-3H3. The van der Waals surface area contributed by atoms with Crippen molar-refractivity contribution >= 4 is 0 Å². The summed E-state index contributed by atoms with van der Waals surface area (Å²) in [6.45, 7) is 10.2. The Morgan fingerprint density at radius 1 is 1.33 bits per heavy atom. The van der Waals surface area contributed by atoms with E-state index < -0.39 is 0 Å². The van der Waals surface area contributed by atoms with Gasteiger partial charge in [0.25, 0.3) is 0 Å². The van der Waals surface area contributed by atoms with Gasteiger partial charge in [0.15, 0.2) is 5.82 Å². The highest BCUT2D eigenvalue weighted by atomic mass is 19.1. The zero-order chi connectivity index (χ0) is 17.1. The summed E-state index contributed by atoms with van der Waals surface area (Å²) in [7, 11) is 0. The molecule has 7 heteroatoms. The molecule has 3 heterocycles. The van der Waals surface area contributed by atoms with Gasteiger partial charge in [0.05, 0.1) is 12.7 Å². The fraction of sp³-hybridized carbons (Fsp3) is 0.588. The normalized spacial score (nSPS) is 20.0. The van der Waals surface area contributed by atoms with Crippen molar-refractivity contribution in [1.82, 2.24) is 24.9 Å². The Morgan fingerprint density at radius 2 is 2.17 bits per heavy atom. The van der Waals surface area contributed by atoms with Crippen LogP contribution in [0.25, 0.3) is 0 Å². The second kappa shape index (κ2) is 7.36. The van der Waals surface area contributed by atoms with Crippen LogP contribution in [0.4, 0.5) is 4.39 Å². The zero-order valence-corrected chi connectivity index (χ0v) is 14.4. The lowest BCUT2D eigenvalue weighted by Crippen LogP contribution is -2.51. The molecule has 6 nitrogen and oxygen atoms in total. The van der Waals surface area contributed by atoms with Gasteiger partial charge in [-0.15, -0.1) is 0 Å². The summed E-state index contributed by atoms with van der Waals surface area (Å²) in [5.74, 6) is 1.46. The molecule has 0 amide bonds. The zero-order valence-electron chi connectivity index (χ0n) is 14.4. The molecule has 130 valence electrons. The fourth-order valence-electron chi connectivity index (χ4n) is 2.96. The summed E-state index contributed by atoms with van der Waals surface area (Å²) in [5.41, 5.74) is 0.698. The Morgan fingerprint density at radius 3 is 2.83 bits per heavy atom. The molecular weight excluding hydrogens is 309 g/mol. The second-order valence-corrected chi connectivity index (χ2v) is 6.72. The van der Waals surface area contributed by atoms with Gasteiger partial charge in [-0.1, -0.05) is 19.0 Å². The Labute approximate surface area is 141 Å². The summed E-state index contributed by atoms with van der Waals surface area (Å²) in [6, 6.07) is 2.08. The molecule has 1 aliphatic heterocycles. The van der Waals surface area contributed by atoms with Crippen molar-refractivity contribution in [3.05, 3.63) is 41.6 Å². The van der Waals surface area contributed by atoms with Crippen molar-refractivity contribution in [2.45, 2.75) is 45.8 Å². The molecule has 24 heavy (non-hydrogen) atoms. The SMILES string of the molecule is CC(C)c1noc(CN2CCN(Cc3ccncc3F)C(C)C2)n1. The van der Waals surface area contributed by atoms with E-state index in [1.54, 1.807) is 12.3 Å². The van der Waals surface area contributed by atoms with Gasteiger partial charge in [0.2, 0.25) is 5.89 Å². The smallest absolute Gasteiger partial charge is 0.240 e. The maximum atomic E-state index is 13.8. The van der Waals surface area contributed by atoms with Crippen LogP contribution in [0.2, 0.25) is 0 Å². The van der Waals surface area contributed by atoms with Crippen LogP contribution in [0, 0.1) is 5.82 Å². The van der Waals surface area contributed by atoms with Crippen molar-refractivity contribution < 1.29 is 8.91 Å². The van der Waals surface area contributed by atoms with Crippen LogP contribution < -0.4 is 0 Å². The maximum Gasteiger partial charge on any atom is 0.240 e. The first-order valence-electron chi connectivity index (χ1n) is 8.40. The molecule has 1 saturated heterocycles. The molecule has 0 bridgehead atoms. The van der Waals surface area contributed by atoms with Crippen LogP contribution in [0.15, 0.2) is 23.0 Å². The molecule has 1 atom stereocenters. The molecule has 3 rings (SSSR count). The van der Waals surface area contributed by atoms with E-state index in [9.17, 15) is 4.39 Å². The third-order valence-electron chi connectivity index (χ3n) is 4.44. The molecular formula is C17H24FN5O. The minimum atomic E-state index is -0.237. The van der Waals surface area contributed by atoms with Gasteiger partial charge >= 0.3 is 0 Å². The van der Waals surface area contributed by atoms with Gasteiger partial charge in [0.1, 0.15) is 5.82 Å². The van der Waals surface area contributed by atoms with E-state index in [-0.39, 0.29) is 11.7 Å². The van der Waals surface area contributed by atoms with E-state index in [4.69, 9.17) is 4.52 Å².